The SMILES string of the molecule is CC(C)NC[C@@H](O)CCN1c2ccccc2N(c2ccccc2)S1(=O)=O. The van der Waals surface area contributed by atoms with Crippen molar-refractivity contribution >= 4 is 27.3 Å². The summed E-state index contributed by atoms with van der Waals surface area (Å²) in [5.41, 5.74) is 1.87. The second-order valence-corrected chi connectivity index (χ2v) is 8.38. The van der Waals surface area contributed by atoms with Gasteiger partial charge in [0.25, 0.3) is 0 Å². The van der Waals surface area contributed by atoms with Gasteiger partial charge in [-0.15, -0.1) is 0 Å². The highest BCUT2D eigenvalue weighted by atomic mass is 32.2. The van der Waals surface area contributed by atoms with E-state index in [2.05, 4.69) is 5.32 Å². The Kier molecular flexibility index (Phi) is 5.50. The summed E-state index contributed by atoms with van der Waals surface area (Å²) < 4.78 is 29.1. The van der Waals surface area contributed by atoms with E-state index < -0.39 is 16.3 Å². The smallest absolute Gasteiger partial charge is 0.330 e. The summed E-state index contributed by atoms with van der Waals surface area (Å²) in [7, 11) is -3.73. The molecule has 1 heterocycles. The molecule has 0 saturated carbocycles. The van der Waals surface area contributed by atoms with Crippen LogP contribution in [0.25, 0.3) is 0 Å². The van der Waals surface area contributed by atoms with E-state index in [9.17, 15) is 13.5 Å². The molecule has 0 radical (unpaired) electrons. The molecule has 0 unspecified atom stereocenters. The maximum absolute atomic E-state index is 13.2. The third-order valence-corrected chi connectivity index (χ3v) is 6.10. The van der Waals surface area contributed by atoms with Crippen LogP contribution in [0.1, 0.15) is 20.3 Å². The molecular weight excluding hydrogens is 350 g/mol. The Hall–Kier alpha value is -2.09. The Bertz CT molecular complexity index is 840. The molecule has 0 aromatic heterocycles. The quantitative estimate of drug-likeness (QED) is 0.780. The van der Waals surface area contributed by atoms with Crippen molar-refractivity contribution in [2.45, 2.75) is 32.4 Å². The van der Waals surface area contributed by atoms with Crippen LogP contribution in [-0.4, -0.2) is 38.8 Å². The number of anilines is 3. The summed E-state index contributed by atoms with van der Waals surface area (Å²) in [5.74, 6) is 0. The summed E-state index contributed by atoms with van der Waals surface area (Å²) in [6.45, 7) is 4.68. The molecule has 2 aromatic rings. The number of rotatable bonds is 7. The number of aliphatic hydroxyl groups excluding tert-OH is 1. The van der Waals surface area contributed by atoms with Gasteiger partial charge >= 0.3 is 10.2 Å². The van der Waals surface area contributed by atoms with Crippen molar-refractivity contribution < 1.29 is 13.5 Å². The van der Waals surface area contributed by atoms with E-state index in [4.69, 9.17) is 0 Å². The van der Waals surface area contributed by atoms with Crippen molar-refractivity contribution in [1.29, 1.82) is 0 Å². The molecule has 26 heavy (non-hydrogen) atoms. The van der Waals surface area contributed by atoms with Crippen LogP contribution in [0.15, 0.2) is 54.6 Å². The third kappa shape index (κ3) is 3.70. The summed E-state index contributed by atoms with van der Waals surface area (Å²) in [6, 6.07) is 16.6. The van der Waals surface area contributed by atoms with Gasteiger partial charge in [-0.3, -0.25) is 4.31 Å². The largest absolute Gasteiger partial charge is 0.392 e. The standard InChI is InChI=1S/C19H25N3O3S/c1-15(2)20-14-17(23)12-13-21-18-10-6-7-11-19(18)22(26(21,24)25)16-8-4-3-5-9-16/h3-11,15,17,20,23H,12-14H2,1-2H3/t17-/m0/s1. The summed E-state index contributed by atoms with van der Waals surface area (Å²) in [4.78, 5) is 0. The normalized spacial score (nSPS) is 16.8. The molecule has 0 aliphatic carbocycles. The van der Waals surface area contributed by atoms with Crippen molar-refractivity contribution in [1.82, 2.24) is 5.32 Å². The van der Waals surface area contributed by atoms with Gasteiger partial charge in [0.15, 0.2) is 0 Å². The predicted molar refractivity (Wildman–Crippen MR) is 105 cm³/mol. The van der Waals surface area contributed by atoms with Crippen LogP contribution in [0, 0.1) is 0 Å². The molecule has 1 atom stereocenters. The van der Waals surface area contributed by atoms with Gasteiger partial charge in [-0.2, -0.15) is 8.42 Å². The van der Waals surface area contributed by atoms with Gasteiger partial charge in [-0.25, -0.2) is 4.31 Å². The zero-order chi connectivity index (χ0) is 18.7. The molecule has 6 nitrogen and oxygen atoms in total. The van der Waals surface area contributed by atoms with Crippen LogP contribution in [0.5, 0.6) is 0 Å². The van der Waals surface area contributed by atoms with Crippen LogP contribution < -0.4 is 13.9 Å². The second-order valence-electron chi connectivity index (χ2n) is 6.67. The maximum Gasteiger partial charge on any atom is 0.330 e. The lowest BCUT2D eigenvalue weighted by Crippen LogP contribution is -2.39. The van der Waals surface area contributed by atoms with E-state index in [0.717, 1.165) is 0 Å². The molecule has 0 spiro atoms. The van der Waals surface area contributed by atoms with Crippen LogP contribution in [-0.2, 0) is 10.2 Å². The lowest BCUT2D eigenvalue weighted by molar-refractivity contribution is 0.162. The monoisotopic (exact) mass is 375 g/mol. The van der Waals surface area contributed by atoms with Crippen molar-refractivity contribution in [2.75, 3.05) is 21.7 Å². The van der Waals surface area contributed by atoms with Gasteiger partial charge in [0.1, 0.15) is 0 Å². The topological polar surface area (TPSA) is 72.9 Å². The maximum atomic E-state index is 13.2. The van der Waals surface area contributed by atoms with Crippen molar-refractivity contribution in [3.63, 3.8) is 0 Å². The molecule has 0 amide bonds. The van der Waals surface area contributed by atoms with E-state index in [1.54, 1.807) is 24.3 Å². The fourth-order valence-electron chi connectivity index (χ4n) is 3.01. The molecule has 1 aliphatic heterocycles. The van der Waals surface area contributed by atoms with E-state index in [1.807, 2.05) is 44.2 Å². The number of benzene rings is 2. The van der Waals surface area contributed by atoms with Gasteiger partial charge < -0.3 is 10.4 Å². The Morgan fingerprint density at radius 1 is 1.00 bits per heavy atom. The van der Waals surface area contributed by atoms with Crippen molar-refractivity contribution in [3.8, 4) is 0 Å². The van der Waals surface area contributed by atoms with Gasteiger partial charge in [-0.1, -0.05) is 44.2 Å². The minimum atomic E-state index is -3.73. The van der Waals surface area contributed by atoms with Gasteiger partial charge in [-0.05, 0) is 30.7 Å². The van der Waals surface area contributed by atoms with E-state index in [1.165, 1.54) is 8.61 Å². The van der Waals surface area contributed by atoms with Crippen LogP contribution in [0.4, 0.5) is 17.1 Å². The summed E-state index contributed by atoms with van der Waals surface area (Å²) in [5, 5.41) is 13.3. The molecule has 0 bridgehead atoms. The average molecular weight is 375 g/mol. The number of para-hydroxylation sites is 3. The molecule has 3 rings (SSSR count). The number of aliphatic hydroxyl groups is 1. The van der Waals surface area contributed by atoms with Crippen LogP contribution >= 0.6 is 0 Å². The molecule has 2 N–H and O–H groups in total. The molecule has 0 saturated heterocycles. The average Bonchev–Trinajstić information content (AvgIpc) is 2.84. The Morgan fingerprint density at radius 3 is 2.27 bits per heavy atom. The molecule has 140 valence electrons. The Morgan fingerprint density at radius 2 is 1.62 bits per heavy atom. The minimum absolute atomic E-state index is 0.226. The fourth-order valence-corrected chi connectivity index (χ4v) is 4.73. The van der Waals surface area contributed by atoms with E-state index in [-0.39, 0.29) is 12.6 Å². The number of fused-ring (bicyclic) bond motifs is 1. The zero-order valence-corrected chi connectivity index (χ0v) is 15.9. The highest BCUT2D eigenvalue weighted by Gasteiger charge is 2.40. The molecule has 2 aromatic carbocycles. The second kappa shape index (κ2) is 7.65. The Labute approximate surface area is 155 Å². The third-order valence-electron chi connectivity index (χ3n) is 4.30. The van der Waals surface area contributed by atoms with Crippen molar-refractivity contribution in [2.24, 2.45) is 0 Å². The van der Waals surface area contributed by atoms with Crippen LogP contribution in [0.3, 0.4) is 0 Å². The molecule has 7 heteroatoms. The van der Waals surface area contributed by atoms with E-state index >= 15 is 0 Å². The van der Waals surface area contributed by atoms with E-state index in [0.29, 0.717) is 30.0 Å². The number of hydrogen-bond donors (Lipinski definition) is 2. The first-order valence-electron chi connectivity index (χ1n) is 8.80. The fraction of sp³-hybridized carbons (Fsp3) is 0.368. The predicted octanol–water partition coefficient (Wildman–Crippen LogP) is 2.64. The zero-order valence-electron chi connectivity index (χ0n) is 15.0. The summed E-state index contributed by atoms with van der Waals surface area (Å²) in [6.07, 6.45) is -0.249. The number of nitrogens with one attached hydrogen (secondary N) is 1. The highest BCUT2D eigenvalue weighted by Crippen LogP contribution is 2.45. The molecule has 0 fully saturated rings. The lowest BCUT2D eigenvalue weighted by Gasteiger charge is -2.23. The van der Waals surface area contributed by atoms with Gasteiger partial charge in [0.2, 0.25) is 0 Å². The van der Waals surface area contributed by atoms with Crippen molar-refractivity contribution in [3.05, 3.63) is 54.6 Å². The molecular formula is C19H25N3O3S. The lowest BCUT2D eigenvalue weighted by atomic mass is 10.2. The van der Waals surface area contributed by atoms with Gasteiger partial charge in [0.05, 0.1) is 23.2 Å². The Balaban J connectivity index is 1.85. The van der Waals surface area contributed by atoms with Crippen LogP contribution in [0.2, 0.25) is 0 Å². The molecule has 1 aliphatic rings. The highest BCUT2D eigenvalue weighted by molar-refractivity contribution is 7.95. The minimum Gasteiger partial charge on any atom is -0.392 e. The number of nitrogens with zero attached hydrogens (tertiary/aromatic N) is 2. The van der Waals surface area contributed by atoms with Gasteiger partial charge in [0, 0.05) is 19.1 Å². The first-order valence-corrected chi connectivity index (χ1v) is 10.2. The first kappa shape index (κ1) is 18.7. The first-order chi connectivity index (χ1) is 12.4. The summed E-state index contributed by atoms with van der Waals surface area (Å²) >= 11 is 0. The number of hydrogen-bond acceptors (Lipinski definition) is 4.